The highest BCUT2D eigenvalue weighted by Gasteiger charge is 2.10. The molecule has 0 saturated carbocycles. The fraction of sp³-hybridized carbons (Fsp3) is 0.278. The van der Waals surface area contributed by atoms with Crippen LogP contribution in [-0.2, 0) is 13.2 Å². The van der Waals surface area contributed by atoms with E-state index in [1.807, 2.05) is 54.6 Å². The van der Waals surface area contributed by atoms with Gasteiger partial charge in [-0.3, -0.25) is 0 Å². The summed E-state index contributed by atoms with van der Waals surface area (Å²) in [6.45, 7) is 3.35. The predicted octanol–water partition coefficient (Wildman–Crippen LogP) is 2.17. The number of aliphatic hydroxyl groups excluding tert-OH is 1. The normalized spacial score (nSPS) is 11.9. The maximum atomic E-state index is 9.79. The summed E-state index contributed by atoms with van der Waals surface area (Å²) >= 11 is 0. The highest BCUT2D eigenvalue weighted by Crippen LogP contribution is 2.19. The monoisotopic (exact) mass is 339 g/mol. The van der Waals surface area contributed by atoms with E-state index in [1.54, 1.807) is 6.92 Å². The van der Waals surface area contributed by atoms with E-state index in [0.717, 1.165) is 17.0 Å². The molecule has 7 nitrogen and oxygen atoms in total. The molecule has 1 aromatic heterocycles. The number of rotatable bonds is 8. The van der Waals surface area contributed by atoms with Crippen LogP contribution in [0, 0.1) is 0 Å². The summed E-state index contributed by atoms with van der Waals surface area (Å²) in [6, 6.07) is 17.9. The third kappa shape index (κ3) is 5.02. The molecule has 0 aliphatic rings. The lowest BCUT2D eigenvalue weighted by Gasteiger charge is -2.26. The Morgan fingerprint density at radius 2 is 1.88 bits per heavy atom. The zero-order valence-electron chi connectivity index (χ0n) is 14.0. The first-order valence-corrected chi connectivity index (χ1v) is 8.13. The average Bonchev–Trinajstić information content (AvgIpc) is 3.14. The van der Waals surface area contributed by atoms with E-state index in [9.17, 15) is 5.11 Å². The van der Waals surface area contributed by atoms with E-state index in [4.69, 9.17) is 4.74 Å². The van der Waals surface area contributed by atoms with Crippen LogP contribution in [0.5, 0.6) is 5.75 Å². The van der Waals surface area contributed by atoms with Gasteiger partial charge in [-0.1, -0.05) is 35.5 Å². The highest BCUT2D eigenvalue weighted by atomic mass is 16.5. The van der Waals surface area contributed by atoms with Crippen molar-refractivity contribution in [2.24, 2.45) is 0 Å². The van der Waals surface area contributed by atoms with Crippen molar-refractivity contribution in [1.82, 2.24) is 20.6 Å². The van der Waals surface area contributed by atoms with Crippen molar-refractivity contribution in [3.63, 3.8) is 0 Å². The molecule has 7 heteroatoms. The Morgan fingerprint density at radius 1 is 1.12 bits per heavy atom. The standard InChI is InChI=1S/C18H21N5O2/c1-14(24)11-23(16-5-3-2-4-6-16)12-15-7-9-17(10-8-15)25-13-18-19-21-22-20-18/h2-10,14,24H,11-13H2,1H3,(H,19,20,21,22). The van der Waals surface area contributed by atoms with Gasteiger partial charge in [-0.15, -0.1) is 10.2 Å². The smallest absolute Gasteiger partial charge is 0.211 e. The first kappa shape index (κ1) is 16.9. The van der Waals surface area contributed by atoms with Crippen LogP contribution in [0.1, 0.15) is 18.3 Å². The molecule has 0 aliphatic heterocycles. The van der Waals surface area contributed by atoms with E-state index in [-0.39, 0.29) is 6.61 Å². The van der Waals surface area contributed by atoms with Crippen molar-refractivity contribution >= 4 is 5.69 Å². The highest BCUT2D eigenvalue weighted by molar-refractivity contribution is 5.47. The second-order valence-electron chi connectivity index (χ2n) is 5.83. The van der Waals surface area contributed by atoms with E-state index in [0.29, 0.717) is 18.9 Å². The Bertz CT molecular complexity index is 745. The minimum absolute atomic E-state index is 0.272. The first-order valence-electron chi connectivity index (χ1n) is 8.13. The van der Waals surface area contributed by atoms with Crippen LogP contribution in [0.15, 0.2) is 54.6 Å². The molecule has 0 spiro atoms. The molecular formula is C18H21N5O2. The lowest BCUT2D eigenvalue weighted by Crippen LogP contribution is -2.30. The summed E-state index contributed by atoms with van der Waals surface area (Å²) in [7, 11) is 0. The second-order valence-corrected chi connectivity index (χ2v) is 5.83. The van der Waals surface area contributed by atoms with Crippen LogP contribution in [0.4, 0.5) is 5.69 Å². The number of hydrogen-bond acceptors (Lipinski definition) is 6. The average molecular weight is 339 g/mol. The van der Waals surface area contributed by atoms with Gasteiger partial charge in [0.25, 0.3) is 0 Å². The van der Waals surface area contributed by atoms with Gasteiger partial charge in [0.2, 0.25) is 5.82 Å². The number of benzene rings is 2. The number of para-hydroxylation sites is 1. The van der Waals surface area contributed by atoms with Crippen molar-refractivity contribution in [2.45, 2.75) is 26.2 Å². The third-order valence-corrected chi connectivity index (χ3v) is 3.66. The maximum Gasteiger partial charge on any atom is 0.211 e. The number of nitrogens with zero attached hydrogens (tertiary/aromatic N) is 4. The van der Waals surface area contributed by atoms with Gasteiger partial charge in [0.1, 0.15) is 5.75 Å². The molecular weight excluding hydrogens is 318 g/mol. The van der Waals surface area contributed by atoms with E-state index < -0.39 is 6.10 Å². The fourth-order valence-electron chi connectivity index (χ4n) is 2.52. The SMILES string of the molecule is CC(O)CN(Cc1ccc(OCc2nn[nH]n2)cc1)c1ccccc1. The molecule has 25 heavy (non-hydrogen) atoms. The lowest BCUT2D eigenvalue weighted by atomic mass is 10.1. The molecule has 2 N–H and O–H groups in total. The van der Waals surface area contributed by atoms with Crippen LogP contribution in [-0.4, -0.2) is 38.4 Å². The van der Waals surface area contributed by atoms with Gasteiger partial charge in [0.05, 0.1) is 6.10 Å². The molecule has 0 amide bonds. The largest absolute Gasteiger partial charge is 0.485 e. The van der Waals surface area contributed by atoms with Crippen LogP contribution in [0.25, 0.3) is 0 Å². The van der Waals surface area contributed by atoms with Gasteiger partial charge < -0.3 is 14.7 Å². The number of H-pyrrole nitrogens is 1. The summed E-state index contributed by atoms with van der Waals surface area (Å²) < 4.78 is 5.62. The van der Waals surface area contributed by atoms with Gasteiger partial charge in [0.15, 0.2) is 6.61 Å². The Morgan fingerprint density at radius 3 is 2.52 bits per heavy atom. The Hall–Kier alpha value is -2.93. The van der Waals surface area contributed by atoms with Gasteiger partial charge >= 0.3 is 0 Å². The van der Waals surface area contributed by atoms with E-state index in [1.165, 1.54) is 0 Å². The topological polar surface area (TPSA) is 87.2 Å². The molecule has 1 atom stereocenters. The molecule has 3 rings (SSSR count). The van der Waals surface area contributed by atoms with Crippen LogP contribution < -0.4 is 9.64 Å². The van der Waals surface area contributed by atoms with Crippen LogP contribution in [0.2, 0.25) is 0 Å². The number of aromatic amines is 1. The van der Waals surface area contributed by atoms with Gasteiger partial charge in [-0.25, -0.2) is 0 Å². The fourth-order valence-corrected chi connectivity index (χ4v) is 2.52. The zero-order valence-corrected chi connectivity index (χ0v) is 14.0. The van der Waals surface area contributed by atoms with Crippen molar-refractivity contribution in [3.8, 4) is 5.75 Å². The minimum atomic E-state index is -0.405. The van der Waals surface area contributed by atoms with Gasteiger partial charge in [-0.2, -0.15) is 5.21 Å². The molecule has 0 fully saturated rings. The number of aliphatic hydroxyl groups is 1. The van der Waals surface area contributed by atoms with Crippen LogP contribution in [0.3, 0.4) is 0 Å². The van der Waals surface area contributed by atoms with Crippen molar-refractivity contribution < 1.29 is 9.84 Å². The molecule has 1 unspecified atom stereocenters. The predicted molar refractivity (Wildman–Crippen MR) is 94.1 cm³/mol. The third-order valence-electron chi connectivity index (χ3n) is 3.66. The summed E-state index contributed by atoms with van der Waals surface area (Å²) in [5.41, 5.74) is 2.22. The number of nitrogens with one attached hydrogen (secondary N) is 1. The molecule has 0 saturated heterocycles. The van der Waals surface area contributed by atoms with Crippen molar-refractivity contribution in [1.29, 1.82) is 0 Å². The first-order chi connectivity index (χ1) is 12.2. The second kappa shape index (κ2) is 8.25. The molecule has 130 valence electrons. The summed E-state index contributed by atoms with van der Waals surface area (Å²) in [5.74, 6) is 1.26. The van der Waals surface area contributed by atoms with Crippen molar-refractivity contribution in [3.05, 3.63) is 66.0 Å². The molecule has 0 radical (unpaired) electrons. The Labute approximate surface area is 146 Å². The molecule has 1 heterocycles. The molecule has 3 aromatic rings. The number of tetrazole rings is 1. The van der Waals surface area contributed by atoms with E-state index in [2.05, 4.69) is 25.5 Å². The number of ether oxygens (including phenoxy) is 1. The molecule has 0 aliphatic carbocycles. The summed E-state index contributed by atoms with van der Waals surface area (Å²) in [5, 5.41) is 23.4. The van der Waals surface area contributed by atoms with E-state index >= 15 is 0 Å². The summed E-state index contributed by atoms with van der Waals surface area (Å²) in [6.07, 6.45) is -0.405. The number of anilines is 1. The molecule has 0 bridgehead atoms. The van der Waals surface area contributed by atoms with Gasteiger partial charge in [-0.05, 0) is 36.8 Å². The number of aromatic nitrogens is 4. The van der Waals surface area contributed by atoms with Gasteiger partial charge in [0, 0.05) is 18.8 Å². The zero-order chi connectivity index (χ0) is 17.5. The molecule has 2 aromatic carbocycles. The Kier molecular flexibility index (Phi) is 5.58. The van der Waals surface area contributed by atoms with Crippen molar-refractivity contribution in [2.75, 3.05) is 11.4 Å². The van der Waals surface area contributed by atoms with Crippen LogP contribution >= 0.6 is 0 Å². The summed E-state index contributed by atoms with van der Waals surface area (Å²) in [4.78, 5) is 2.15. The minimum Gasteiger partial charge on any atom is -0.485 e. The lowest BCUT2D eigenvalue weighted by molar-refractivity contribution is 0.199. The number of hydrogen-bond donors (Lipinski definition) is 2. The maximum absolute atomic E-state index is 9.79. The quantitative estimate of drug-likeness (QED) is 0.654. The Balaban J connectivity index is 1.63.